The molecule has 1 unspecified atom stereocenters. The number of rotatable bonds is 14. The molecular formula is C32H42N8O9S. The fraction of sp³-hybridized carbons (Fsp3) is 0.562. The highest BCUT2D eigenvalue weighted by Gasteiger charge is 2.40. The van der Waals surface area contributed by atoms with Crippen LogP contribution in [0.2, 0.25) is 0 Å². The van der Waals surface area contributed by atoms with Crippen LogP contribution in [0.3, 0.4) is 0 Å². The number of aromatic amines is 1. The van der Waals surface area contributed by atoms with Gasteiger partial charge in [-0.25, -0.2) is 4.79 Å². The van der Waals surface area contributed by atoms with Crippen molar-refractivity contribution in [3.63, 3.8) is 0 Å². The van der Waals surface area contributed by atoms with Crippen molar-refractivity contribution in [2.45, 2.75) is 101 Å². The van der Waals surface area contributed by atoms with Crippen molar-refractivity contribution in [3.8, 4) is 0 Å². The first-order valence-electron chi connectivity index (χ1n) is 16.1. The molecule has 0 bridgehead atoms. The number of Topliss-reactive ketones (excluding diaryl/α,β-unsaturated/α-hetero) is 1. The summed E-state index contributed by atoms with van der Waals surface area (Å²) in [5, 5.41) is 22.5. The van der Waals surface area contributed by atoms with Crippen LogP contribution in [-0.4, -0.2) is 91.8 Å². The first kappa shape index (κ1) is 38.3. The third kappa shape index (κ3) is 10.5. The molecule has 3 heterocycles. The smallest absolute Gasteiger partial charge is 0.330 e. The molecule has 1 aromatic carbocycles. The summed E-state index contributed by atoms with van der Waals surface area (Å²) < 4.78 is 12.3. The van der Waals surface area contributed by atoms with E-state index in [1.807, 2.05) is 26.8 Å². The van der Waals surface area contributed by atoms with Gasteiger partial charge in [-0.05, 0) is 45.2 Å². The van der Waals surface area contributed by atoms with Gasteiger partial charge in [-0.2, -0.15) is 0 Å². The fourth-order valence-corrected chi connectivity index (χ4v) is 6.67. The normalized spacial score (nSPS) is 22.9. The molecule has 270 valence electrons. The predicted octanol–water partition coefficient (Wildman–Crippen LogP) is 0.738. The van der Waals surface area contributed by atoms with Gasteiger partial charge >= 0.3 is 11.7 Å². The third-order valence-corrected chi connectivity index (χ3v) is 9.23. The minimum Gasteiger partial charge on any atom is -0.463 e. The zero-order valence-electron chi connectivity index (χ0n) is 28.2. The maximum Gasteiger partial charge on any atom is 0.330 e. The Balaban J connectivity index is 1.32. The number of aromatic nitrogens is 2. The fourth-order valence-electron chi connectivity index (χ4n) is 5.47. The number of hydrogen-bond acceptors (Lipinski definition) is 12. The van der Waals surface area contributed by atoms with Gasteiger partial charge in [-0.15, -0.1) is 11.8 Å². The average Bonchev–Trinajstić information content (AvgIpc) is 3.71. The highest BCUT2D eigenvalue weighted by atomic mass is 32.2. The Labute approximate surface area is 291 Å². The Hall–Kier alpha value is -4.48. The van der Waals surface area contributed by atoms with E-state index in [1.165, 1.54) is 24.9 Å². The summed E-state index contributed by atoms with van der Waals surface area (Å²) in [6.07, 6.45) is -2.54. The SMILES string of the molecule is Cc1cn([C@H]2C[C@H](N=[N+]=[N-])[C@@H](COC(=O)CCC(=O)N[C@@H](Cc3ccccc3)[C@H](O)C(=O)C3N[C@H](C(=O)NC(C)(C)C)CS3)O2)c(=O)[nH]c1=O. The third-order valence-electron chi connectivity index (χ3n) is 8.00. The van der Waals surface area contributed by atoms with Crippen LogP contribution in [0.5, 0.6) is 0 Å². The second kappa shape index (κ2) is 17.0. The van der Waals surface area contributed by atoms with E-state index in [-0.39, 0.29) is 43.8 Å². The Morgan fingerprint density at radius 3 is 2.60 bits per heavy atom. The second-order valence-corrected chi connectivity index (χ2v) is 14.3. The Bertz CT molecular complexity index is 1720. The molecule has 50 heavy (non-hydrogen) atoms. The number of hydrogen-bond donors (Lipinski definition) is 5. The standard InChI is InChI=1S/C32H42N8O9S/c1-17-14-40(31(47)36-28(17)45)24-13-19(38-39-33)22(49-24)15-48-25(42)11-10-23(41)34-20(12-18-8-6-5-7-9-18)26(43)27(44)30-35-21(16-50-30)29(46)37-32(2,3)4/h5-9,14,19-22,24,26,30,35,43H,10-13,15-16H2,1-4H3,(H,34,41)(H,37,46)(H,36,45,47)/t19-,20-,21-,22+,24+,26-,30?/m0/s1. The monoisotopic (exact) mass is 714 g/mol. The van der Waals surface area contributed by atoms with E-state index in [4.69, 9.17) is 15.0 Å². The Kier molecular flexibility index (Phi) is 13.0. The molecule has 2 aromatic rings. The van der Waals surface area contributed by atoms with Crippen LogP contribution < -0.4 is 27.2 Å². The summed E-state index contributed by atoms with van der Waals surface area (Å²) in [6.45, 7) is 6.73. The van der Waals surface area contributed by atoms with Gasteiger partial charge in [-0.1, -0.05) is 35.4 Å². The number of esters is 1. The number of nitrogens with one attached hydrogen (secondary N) is 4. The number of ether oxygens (including phenoxy) is 2. The number of aliphatic hydroxyl groups is 1. The van der Waals surface area contributed by atoms with Crippen LogP contribution in [0.15, 0.2) is 51.2 Å². The van der Waals surface area contributed by atoms with E-state index >= 15 is 0 Å². The van der Waals surface area contributed by atoms with Crippen molar-refractivity contribution in [1.29, 1.82) is 0 Å². The lowest BCUT2D eigenvalue weighted by Crippen LogP contribution is -2.54. The van der Waals surface area contributed by atoms with Crippen LogP contribution >= 0.6 is 11.8 Å². The highest BCUT2D eigenvalue weighted by Crippen LogP contribution is 2.30. The van der Waals surface area contributed by atoms with Crippen molar-refractivity contribution in [3.05, 3.63) is 78.9 Å². The molecule has 1 aromatic heterocycles. The van der Waals surface area contributed by atoms with E-state index in [1.54, 1.807) is 24.3 Å². The molecule has 0 aliphatic carbocycles. The Morgan fingerprint density at radius 1 is 1.20 bits per heavy atom. The second-order valence-electron chi connectivity index (χ2n) is 13.2. The summed E-state index contributed by atoms with van der Waals surface area (Å²) in [5.41, 5.74) is 8.31. The molecule has 7 atom stereocenters. The van der Waals surface area contributed by atoms with Crippen LogP contribution in [-0.2, 0) is 35.1 Å². The Morgan fingerprint density at radius 2 is 1.92 bits per heavy atom. The maximum absolute atomic E-state index is 13.4. The minimum absolute atomic E-state index is 0.0869. The molecule has 2 saturated heterocycles. The van der Waals surface area contributed by atoms with Gasteiger partial charge in [0, 0.05) is 40.8 Å². The maximum atomic E-state index is 13.4. The van der Waals surface area contributed by atoms with E-state index in [0.29, 0.717) is 5.75 Å². The summed E-state index contributed by atoms with van der Waals surface area (Å²) >= 11 is 1.19. The lowest BCUT2D eigenvalue weighted by molar-refractivity contribution is -0.150. The molecule has 17 nitrogen and oxygen atoms in total. The molecule has 2 aliphatic heterocycles. The average molecular weight is 715 g/mol. The van der Waals surface area contributed by atoms with Gasteiger partial charge in [0.15, 0.2) is 5.78 Å². The lowest BCUT2D eigenvalue weighted by Gasteiger charge is -2.26. The van der Waals surface area contributed by atoms with E-state index in [2.05, 4.69) is 31.0 Å². The molecule has 0 spiro atoms. The number of benzene rings is 1. The molecule has 4 rings (SSSR count). The zero-order chi connectivity index (χ0) is 36.6. The van der Waals surface area contributed by atoms with Gasteiger partial charge in [-0.3, -0.25) is 38.8 Å². The number of nitrogens with zero attached hydrogens (tertiary/aromatic N) is 4. The van der Waals surface area contributed by atoms with Gasteiger partial charge < -0.3 is 25.2 Å². The number of aryl methyl sites for hydroxylation is 1. The number of amides is 2. The van der Waals surface area contributed by atoms with Gasteiger partial charge in [0.2, 0.25) is 11.8 Å². The van der Waals surface area contributed by atoms with Gasteiger partial charge in [0.1, 0.15) is 30.4 Å². The van der Waals surface area contributed by atoms with Crippen LogP contribution in [0, 0.1) is 6.92 Å². The molecule has 0 saturated carbocycles. The van der Waals surface area contributed by atoms with Crippen molar-refractivity contribution in [2.24, 2.45) is 5.11 Å². The first-order valence-corrected chi connectivity index (χ1v) is 17.1. The molecule has 18 heteroatoms. The van der Waals surface area contributed by atoms with Gasteiger partial charge in [0.25, 0.3) is 5.56 Å². The van der Waals surface area contributed by atoms with Crippen LogP contribution in [0.4, 0.5) is 0 Å². The van der Waals surface area contributed by atoms with Crippen molar-refractivity contribution in [1.82, 2.24) is 25.5 Å². The number of ketones is 1. The predicted molar refractivity (Wildman–Crippen MR) is 182 cm³/mol. The highest BCUT2D eigenvalue weighted by molar-refractivity contribution is 8.00. The van der Waals surface area contributed by atoms with E-state index < -0.39 is 76.4 Å². The number of thioether (sulfide) groups is 1. The van der Waals surface area contributed by atoms with Crippen LogP contribution in [0.25, 0.3) is 10.4 Å². The minimum atomic E-state index is -1.62. The number of carbonyl (C=O) groups is 4. The van der Waals surface area contributed by atoms with Crippen LogP contribution in [0.1, 0.15) is 57.4 Å². The first-order chi connectivity index (χ1) is 23.6. The van der Waals surface area contributed by atoms with Crippen molar-refractivity contribution in [2.75, 3.05) is 12.4 Å². The number of aliphatic hydroxyl groups excluding tert-OH is 1. The molecule has 2 amide bonds. The lowest BCUT2D eigenvalue weighted by atomic mass is 9.98. The summed E-state index contributed by atoms with van der Waals surface area (Å²) in [4.78, 5) is 80.6. The van der Waals surface area contributed by atoms with Crippen molar-refractivity contribution >= 4 is 35.3 Å². The number of azide groups is 1. The van der Waals surface area contributed by atoms with Crippen molar-refractivity contribution < 1.29 is 33.8 Å². The number of carbonyl (C=O) groups excluding carboxylic acids is 4. The molecule has 2 aliphatic rings. The van der Waals surface area contributed by atoms with E-state index in [0.717, 1.165) is 10.1 Å². The summed E-state index contributed by atoms with van der Waals surface area (Å²) in [6, 6.07) is 6.51. The molecule has 0 radical (unpaired) electrons. The largest absolute Gasteiger partial charge is 0.463 e. The summed E-state index contributed by atoms with van der Waals surface area (Å²) in [5.74, 6) is -1.90. The topological polar surface area (TPSA) is 247 Å². The molecular weight excluding hydrogens is 672 g/mol. The quantitative estimate of drug-likeness (QED) is 0.0790. The zero-order valence-corrected chi connectivity index (χ0v) is 29.0. The molecule has 5 N–H and O–H groups in total. The molecule has 2 fully saturated rings. The van der Waals surface area contributed by atoms with E-state index in [9.17, 15) is 33.9 Å². The summed E-state index contributed by atoms with van der Waals surface area (Å²) in [7, 11) is 0. The number of H-pyrrole nitrogens is 1. The van der Waals surface area contributed by atoms with Gasteiger partial charge in [0.05, 0.1) is 24.5 Å².